The standard InChI is InChI=1S/C27H35FN4.C2H6/c1-18-6-9-20(10-7-18)17-29-24-16-23(22-11-8-19(2)25(28)26(22)30-24)32-14-12-21(13-15-32)31-27(3,4)5;1-2/h6-11,16,21,31H,12-15,17H2,1-5H3,(H,29,30);1-2H3. The zero-order valence-electron chi connectivity index (χ0n) is 21.9. The van der Waals surface area contributed by atoms with E-state index in [4.69, 9.17) is 0 Å². The Bertz CT molecular complexity index is 1080. The van der Waals surface area contributed by atoms with E-state index >= 15 is 4.39 Å². The molecule has 5 heteroatoms. The highest BCUT2D eigenvalue weighted by Crippen LogP contribution is 2.33. The van der Waals surface area contributed by atoms with Crippen LogP contribution in [0.15, 0.2) is 42.5 Å². The minimum absolute atomic E-state index is 0.115. The van der Waals surface area contributed by atoms with Crippen molar-refractivity contribution in [2.45, 2.75) is 79.4 Å². The van der Waals surface area contributed by atoms with E-state index in [1.54, 1.807) is 6.92 Å². The summed E-state index contributed by atoms with van der Waals surface area (Å²) in [7, 11) is 0. The van der Waals surface area contributed by atoms with Gasteiger partial charge in [0, 0.05) is 48.4 Å². The number of rotatable bonds is 5. The van der Waals surface area contributed by atoms with Crippen LogP contribution in [0.1, 0.15) is 64.2 Å². The van der Waals surface area contributed by atoms with Gasteiger partial charge in [0.1, 0.15) is 11.3 Å². The van der Waals surface area contributed by atoms with Gasteiger partial charge < -0.3 is 15.5 Å². The molecule has 1 aromatic heterocycles. The third kappa shape index (κ3) is 6.47. The Morgan fingerprint density at radius 2 is 1.65 bits per heavy atom. The Morgan fingerprint density at radius 3 is 2.26 bits per heavy atom. The number of piperidine rings is 1. The SMILES string of the molecule is CC.Cc1ccc(CNc2cc(N3CCC(NC(C)(C)C)CC3)c3ccc(C)c(F)c3n2)cc1. The molecule has 1 saturated heterocycles. The van der Waals surface area contributed by atoms with E-state index in [1.165, 1.54) is 11.1 Å². The summed E-state index contributed by atoms with van der Waals surface area (Å²) in [5, 5.41) is 8.03. The predicted molar refractivity (Wildman–Crippen MR) is 144 cm³/mol. The first-order valence-electron chi connectivity index (χ1n) is 12.6. The van der Waals surface area contributed by atoms with Crippen LogP contribution in [-0.4, -0.2) is 29.7 Å². The Kier molecular flexibility index (Phi) is 8.53. The molecule has 0 atom stereocenters. The maximum atomic E-state index is 15.1. The lowest BCUT2D eigenvalue weighted by atomic mass is 9.99. The van der Waals surface area contributed by atoms with Gasteiger partial charge in [-0.2, -0.15) is 0 Å². The molecular formula is C29H41FN4. The van der Waals surface area contributed by atoms with Crippen molar-refractivity contribution in [2.24, 2.45) is 0 Å². The van der Waals surface area contributed by atoms with Crippen LogP contribution in [-0.2, 0) is 6.54 Å². The molecule has 2 heterocycles. The number of benzene rings is 2. The van der Waals surface area contributed by atoms with E-state index in [2.05, 4.69) is 78.5 Å². The number of aromatic nitrogens is 1. The largest absolute Gasteiger partial charge is 0.371 e. The number of fused-ring (bicyclic) bond motifs is 1. The quantitative estimate of drug-likeness (QED) is 0.427. The van der Waals surface area contributed by atoms with Crippen molar-refractivity contribution in [3.63, 3.8) is 0 Å². The minimum atomic E-state index is -0.230. The van der Waals surface area contributed by atoms with Gasteiger partial charge in [0.25, 0.3) is 0 Å². The maximum Gasteiger partial charge on any atom is 0.152 e. The molecule has 1 fully saturated rings. The molecule has 34 heavy (non-hydrogen) atoms. The maximum absolute atomic E-state index is 15.1. The predicted octanol–water partition coefficient (Wildman–Crippen LogP) is 6.99. The summed E-state index contributed by atoms with van der Waals surface area (Å²) in [6, 6.07) is 14.9. The molecule has 0 amide bonds. The third-order valence-electron chi connectivity index (χ3n) is 6.16. The van der Waals surface area contributed by atoms with Crippen LogP contribution in [0.4, 0.5) is 15.9 Å². The van der Waals surface area contributed by atoms with Crippen LogP contribution in [0, 0.1) is 19.7 Å². The van der Waals surface area contributed by atoms with Gasteiger partial charge in [0.05, 0.1) is 0 Å². The smallest absolute Gasteiger partial charge is 0.152 e. The minimum Gasteiger partial charge on any atom is -0.371 e. The molecule has 4 rings (SSSR count). The van der Waals surface area contributed by atoms with Crippen molar-refractivity contribution in [1.29, 1.82) is 0 Å². The molecular weight excluding hydrogens is 423 g/mol. The first-order valence-corrected chi connectivity index (χ1v) is 12.6. The highest BCUT2D eigenvalue weighted by Gasteiger charge is 2.25. The molecule has 0 radical (unpaired) electrons. The highest BCUT2D eigenvalue weighted by molar-refractivity contribution is 5.94. The van der Waals surface area contributed by atoms with Crippen molar-refractivity contribution >= 4 is 22.4 Å². The fourth-order valence-electron chi connectivity index (χ4n) is 4.47. The number of hydrogen-bond donors (Lipinski definition) is 2. The van der Waals surface area contributed by atoms with Crippen molar-refractivity contribution < 1.29 is 4.39 Å². The molecule has 1 aliphatic heterocycles. The Hall–Kier alpha value is -2.66. The molecule has 0 unspecified atom stereocenters. The van der Waals surface area contributed by atoms with Gasteiger partial charge in [-0.05, 0) is 58.6 Å². The molecule has 0 aliphatic carbocycles. The number of nitrogens with zero attached hydrogens (tertiary/aromatic N) is 2. The van der Waals surface area contributed by atoms with Crippen LogP contribution in [0.2, 0.25) is 0 Å². The van der Waals surface area contributed by atoms with Crippen LogP contribution in [0.3, 0.4) is 0 Å². The summed E-state index contributed by atoms with van der Waals surface area (Å²) in [6.07, 6.45) is 2.14. The number of aryl methyl sites for hydroxylation is 2. The first-order chi connectivity index (χ1) is 16.2. The average Bonchev–Trinajstić information content (AvgIpc) is 2.82. The third-order valence-corrected chi connectivity index (χ3v) is 6.16. The van der Waals surface area contributed by atoms with Crippen molar-refractivity contribution in [2.75, 3.05) is 23.3 Å². The summed E-state index contributed by atoms with van der Waals surface area (Å²) >= 11 is 0. The van der Waals surface area contributed by atoms with Gasteiger partial charge in [-0.1, -0.05) is 55.8 Å². The van der Waals surface area contributed by atoms with Crippen LogP contribution in [0.25, 0.3) is 10.9 Å². The Balaban J connectivity index is 0.00000158. The van der Waals surface area contributed by atoms with E-state index in [0.29, 0.717) is 29.5 Å². The highest BCUT2D eigenvalue weighted by atomic mass is 19.1. The van der Waals surface area contributed by atoms with E-state index in [1.807, 2.05) is 26.0 Å². The fraction of sp³-hybridized carbons (Fsp3) is 0.483. The summed E-state index contributed by atoms with van der Waals surface area (Å²) in [5.41, 5.74) is 4.67. The second kappa shape index (κ2) is 11.2. The zero-order chi connectivity index (χ0) is 24.9. The lowest BCUT2D eigenvalue weighted by molar-refractivity contribution is 0.317. The van der Waals surface area contributed by atoms with Crippen molar-refractivity contribution in [1.82, 2.24) is 10.3 Å². The lowest BCUT2D eigenvalue weighted by Crippen LogP contribution is -2.49. The lowest BCUT2D eigenvalue weighted by Gasteiger charge is -2.37. The topological polar surface area (TPSA) is 40.2 Å². The van der Waals surface area contributed by atoms with Crippen molar-refractivity contribution in [3.05, 3.63) is 65.0 Å². The molecule has 3 aromatic rings. The number of halogens is 1. The van der Waals surface area contributed by atoms with Gasteiger partial charge in [0.15, 0.2) is 5.82 Å². The van der Waals surface area contributed by atoms with Gasteiger partial charge in [-0.15, -0.1) is 0 Å². The molecule has 184 valence electrons. The van der Waals surface area contributed by atoms with E-state index in [0.717, 1.165) is 37.0 Å². The van der Waals surface area contributed by atoms with Crippen LogP contribution < -0.4 is 15.5 Å². The molecule has 4 nitrogen and oxygen atoms in total. The molecule has 2 aromatic carbocycles. The normalized spacial score (nSPS) is 14.6. The van der Waals surface area contributed by atoms with Crippen molar-refractivity contribution in [3.8, 4) is 0 Å². The van der Waals surface area contributed by atoms with Crippen LogP contribution in [0.5, 0.6) is 0 Å². The fourth-order valence-corrected chi connectivity index (χ4v) is 4.47. The second-order valence-corrected chi connectivity index (χ2v) is 10.1. The number of pyridine rings is 1. The van der Waals surface area contributed by atoms with Gasteiger partial charge in [-0.3, -0.25) is 0 Å². The molecule has 0 saturated carbocycles. The van der Waals surface area contributed by atoms with Gasteiger partial charge >= 0.3 is 0 Å². The monoisotopic (exact) mass is 464 g/mol. The van der Waals surface area contributed by atoms with Crippen LogP contribution >= 0.6 is 0 Å². The summed E-state index contributed by atoms with van der Waals surface area (Å²) in [5.74, 6) is 0.486. The Labute approximate surface area is 205 Å². The number of anilines is 2. The molecule has 0 spiro atoms. The summed E-state index contributed by atoms with van der Waals surface area (Å²) in [6.45, 7) is 17.1. The number of hydrogen-bond acceptors (Lipinski definition) is 4. The molecule has 2 N–H and O–H groups in total. The molecule has 0 bridgehead atoms. The van der Waals surface area contributed by atoms with E-state index < -0.39 is 0 Å². The Morgan fingerprint density at radius 1 is 1.00 bits per heavy atom. The first kappa shape index (κ1) is 26.0. The second-order valence-electron chi connectivity index (χ2n) is 10.1. The average molecular weight is 465 g/mol. The molecule has 1 aliphatic rings. The zero-order valence-corrected chi connectivity index (χ0v) is 21.9. The van der Waals surface area contributed by atoms with E-state index in [9.17, 15) is 0 Å². The van der Waals surface area contributed by atoms with Gasteiger partial charge in [0.2, 0.25) is 0 Å². The van der Waals surface area contributed by atoms with Gasteiger partial charge in [-0.25, -0.2) is 9.37 Å². The van der Waals surface area contributed by atoms with E-state index in [-0.39, 0.29) is 11.4 Å². The summed E-state index contributed by atoms with van der Waals surface area (Å²) in [4.78, 5) is 7.05. The number of nitrogens with one attached hydrogen (secondary N) is 2. The summed E-state index contributed by atoms with van der Waals surface area (Å²) < 4.78 is 15.1.